The molecule has 0 heterocycles. The third kappa shape index (κ3) is 4.81. The van der Waals surface area contributed by atoms with Crippen LogP contribution in [0.25, 0.3) is 0 Å². The van der Waals surface area contributed by atoms with Gasteiger partial charge in [0.05, 0.1) is 7.11 Å². The first kappa shape index (κ1) is 18.2. The third-order valence-electron chi connectivity index (χ3n) is 3.33. The Morgan fingerprint density at radius 2 is 1.43 bits per heavy atom. The van der Waals surface area contributed by atoms with E-state index in [0.29, 0.717) is 25.9 Å². The Bertz CT molecular complexity index is 431. The van der Waals surface area contributed by atoms with Gasteiger partial charge in [0.25, 0.3) is 0 Å². The molecule has 4 nitrogen and oxygen atoms in total. The van der Waals surface area contributed by atoms with Crippen LogP contribution in [0.1, 0.15) is 37.5 Å². The maximum Gasteiger partial charge on any atom is 0.505 e. The van der Waals surface area contributed by atoms with Crippen molar-refractivity contribution >= 4 is 8.80 Å². The quantitative estimate of drug-likeness (QED) is 0.655. The molecule has 0 saturated carbocycles. The lowest BCUT2D eigenvalue weighted by atomic mass is 10.1. The van der Waals surface area contributed by atoms with Gasteiger partial charge in [-0.3, -0.25) is 0 Å². The lowest BCUT2D eigenvalue weighted by Gasteiger charge is -2.29. The lowest BCUT2D eigenvalue weighted by molar-refractivity contribution is 0.0703. The minimum Gasteiger partial charge on any atom is -0.496 e. The van der Waals surface area contributed by atoms with Crippen molar-refractivity contribution in [3.05, 3.63) is 28.8 Å². The van der Waals surface area contributed by atoms with Gasteiger partial charge in [0.2, 0.25) is 0 Å². The molecule has 0 saturated heterocycles. The van der Waals surface area contributed by atoms with Crippen molar-refractivity contribution in [2.45, 2.75) is 40.7 Å². The zero-order valence-corrected chi connectivity index (χ0v) is 15.1. The van der Waals surface area contributed by atoms with Gasteiger partial charge >= 0.3 is 8.80 Å². The van der Waals surface area contributed by atoms with E-state index in [-0.39, 0.29) is 0 Å². The summed E-state index contributed by atoms with van der Waals surface area (Å²) in [6.07, 6.45) is 0. The maximum atomic E-state index is 5.94. The molecule has 0 unspecified atom stereocenters. The summed E-state index contributed by atoms with van der Waals surface area (Å²) in [5, 5.41) is 0. The average molecular weight is 312 g/mol. The molecule has 0 amide bonds. The highest BCUT2D eigenvalue weighted by atomic mass is 28.4. The largest absolute Gasteiger partial charge is 0.505 e. The minimum atomic E-state index is -2.68. The fourth-order valence-corrected chi connectivity index (χ4v) is 5.17. The van der Waals surface area contributed by atoms with Gasteiger partial charge in [-0.2, -0.15) is 0 Å². The topological polar surface area (TPSA) is 36.9 Å². The van der Waals surface area contributed by atoms with Gasteiger partial charge in [-0.1, -0.05) is 6.07 Å². The second kappa shape index (κ2) is 8.53. The first-order valence-electron chi connectivity index (χ1n) is 7.57. The monoisotopic (exact) mass is 312 g/mol. The molecular weight excluding hydrogens is 284 g/mol. The Hall–Kier alpha value is -0.883. The van der Waals surface area contributed by atoms with Gasteiger partial charge in [-0.05, 0) is 57.4 Å². The van der Waals surface area contributed by atoms with Gasteiger partial charge in [0.15, 0.2) is 0 Å². The first-order chi connectivity index (χ1) is 10.0. The van der Waals surface area contributed by atoms with Crippen LogP contribution in [0.4, 0.5) is 0 Å². The predicted octanol–water partition coefficient (Wildman–Crippen LogP) is 3.44. The van der Waals surface area contributed by atoms with Crippen molar-refractivity contribution in [3.8, 4) is 5.75 Å². The molecule has 1 aromatic rings. The van der Waals surface area contributed by atoms with Gasteiger partial charge in [0, 0.05) is 25.9 Å². The highest BCUT2D eigenvalue weighted by Crippen LogP contribution is 2.27. The SMILES string of the molecule is CCO[Si](Cc1cc(C)cc(OC)c1C)(OCC)OCC. The van der Waals surface area contributed by atoms with E-state index in [4.69, 9.17) is 18.0 Å². The summed E-state index contributed by atoms with van der Waals surface area (Å²) in [6, 6.07) is 4.88. The van der Waals surface area contributed by atoms with Gasteiger partial charge in [0.1, 0.15) is 5.75 Å². The number of hydrogen-bond acceptors (Lipinski definition) is 4. The molecule has 21 heavy (non-hydrogen) atoms. The summed E-state index contributed by atoms with van der Waals surface area (Å²) in [4.78, 5) is 0. The standard InChI is InChI=1S/C16H28O4Si/c1-7-18-21(19-8-2,20-9-3)12-15-10-13(4)11-16(17-6)14(15)5/h10-11H,7-9,12H2,1-6H3. The molecule has 0 aromatic heterocycles. The number of aryl methyl sites for hydroxylation is 1. The smallest absolute Gasteiger partial charge is 0.496 e. The molecular formula is C16H28O4Si. The van der Waals surface area contributed by atoms with Crippen molar-refractivity contribution < 1.29 is 18.0 Å². The Labute approximate surface area is 129 Å². The van der Waals surface area contributed by atoms with Crippen LogP contribution in [0, 0.1) is 13.8 Å². The van der Waals surface area contributed by atoms with Crippen molar-refractivity contribution in [1.29, 1.82) is 0 Å². The van der Waals surface area contributed by atoms with Crippen LogP contribution in [-0.2, 0) is 19.3 Å². The number of rotatable bonds is 9. The van der Waals surface area contributed by atoms with Crippen LogP contribution in [0.5, 0.6) is 5.75 Å². The van der Waals surface area contributed by atoms with Crippen molar-refractivity contribution in [3.63, 3.8) is 0 Å². The van der Waals surface area contributed by atoms with E-state index in [1.165, 1.54) is 11.1 Å². The van der Waals surface area contributed by atoms with Crippen LogP contribution in [0.15, 0.2) is 12.1 Å². The summed E-state index contributed by atoms with van der Waals surface area (Å²) in [7, 11) is -0.984. The van der Waals surface area contributed by atoms with Crippen molar-refractivity contribution in [2.75, 3.05) is 26.9 Å². The molecule has 5 heteroatoms. The van der Waals surface area contributed by atoms with E-state index in [2.05, 4.69) is 19.9 Å². The number of ether oxygens (including phenoxy) is 1. The molecule has 120 valence electrons. The molecule has 0 atom stereocenters. The van der Waals surface area contributed by atoms with E-state index in [1.54, 1.807) is 7.11 Å². The molecule has 0 bridgehead atoms. The summed E-state index contributed by atoms with van der Waals surface area (Å²) in [5.74, 6) is 0.900. The summed E-state index contributed by atoms with van der Waals surface area (Å²) < 4.78 is 23.3. The molecule has 0 aliphatic heterocycles. The number of hydrogen-bond donors (Lipinski definition) is 0. The van der Waals surface area contributed by atoms with Crippen LogP contribution in [0.2, 0.25) is 0 Å². The Kier molecular flexibility index (Phi) is 7.38. The summed E-state index contributed by atoms with van der Waals surface area (Å²) in [6.45, 7) is 11.8. The van der Waals surface area contributed by atoms with Crippen LogP contribution in [-0.4, -0.2) is 35.7 Å². The zero-order chi connectivity index (χ0) is 15.9. The maximum absolute atomic E-state index is 5.94. The number of methoxy groups -OCH3 is 1. The summed E-state index contributed by atoms with van der Waals surface area (Å²) >= 11 is 0. The Morgan fingerprint density at radius 1 is 0.905 bits per heavy atom. The highest BCUT2D eigenvalue weighted by molar-refractivity contribution is 6.60. The first-order valence-corrected chi connectivity index (χ1v) is 9.51. The average Bonchev–Trinajstić information content (AvgIpc) is 2.43. The van der Waals surface area contributed by atoms with Crippen LogP contribution in [0.3, 0.4) is 0 Å². The molecule has 0 N–H and O–H groups in total. The highest BCUT2D eigenvalue weighted by Gasteiger charge is 2.41. The van der Waals surface area contributed by atoms with Crippen molar-refractivity contribution in [2.24, 2.45) is 0 Å². The third-order valence-corrected chi connectivity index (χ3v) is 6.33. The molecule has 0 aliphatic rings. The normalized spacial score (nSPS) is 11.7. The molecule has 0 fully saturated rings. The van der Waals surface area contributed by atoms with E-state index in [0.717, 1.165) is 11.3 Å². The van der Waals surface area contributed by atoms with Gasteiger partial charge in [-0.25, -0.2) is 0 Å². The molecule has 0 radical (unpaired) electrons. The van der Waals surface area contributed by atoms with Crippen LogP contribution >= 0.6 is 0 Å². The molecule has 1 rings (SSSR count). The zero-order valence-electron chi connectivity index (χ0n) is 14.1. The van der Waals surface area contributed by atoms with Crippen molar-refractivity contribution in [1.82, 2.24) is 0 Å². The second-order valence-electron chi connectivity index (χ2n) is 4.91. The molecule has 0 aliphatic carbocycles. The Morgan fingerprint density at radius 3 is 1.86 bits per heavy atom. The number of benzene rings is 1. The summed E-state index contributed by atoms with van der Waals surface area (Å²) in [5.41, 5.74) is 3.47. The fourth-order valence-electron chi connectivity index (χ4n) is 2.46. The minimum absolute atomic E-state index is 0.591. The molecule has 1 aromatic carbocycles. The van der Waals surface area contributed by atoms with E-state index < -0.39 is 8.80 Å². The van der Waals surface area contributed by atoms with E-state index in [9.17, 15) is 0 Å². The molecule has 0 spiro atoms. The van der Waals surface area contributed by atoms with Gasteiger partial charge in [-0.15, -0.1) is 0 Å². The fraction of sp³-hybridized carbons (Fsp3) is 0.625. The van der Waals surface area contributed by atoms with E-state index >= 15 is 0 Å². The van der Waals surface area contributed by atoms with Gasteiger partial charge < -0.3 is 18.0 Å². The predicted molar refractivity (Wildman–Crippen MR) is 86.8 cm³/mol. The Balaban J connectivity index is 3.15. The van der Waals surface area contributed by atoms with Crippen LogP contribution < -0.4 is 4.74 Å². The lowest BCUT2D eigenvalue weighted by Crippen LogP contribution is -2.48. The second-order valence-corrected chi connectivity index (χ2v) is 7.50. The van der Waals surface area contributed by atoms with E-state index in [1.807, 2.05) is 26.8 Å².